The molecule has 0 radical (unpaired) electrons. The van der Waals surface area contributed by atoms with Crippen molar-refractivity contribution < 1.29 is 14.3 Å². The number of carbonyl (C=O) groups is 2. The van der Waals surface area contributed by atoms with Crippen molar-refractivity contribution in [1.82, 2.24) is 14.5 Å². The average Bonchev–Trinajstić information content (AvgIpc) is 3.37. The van der Waals surface area contributed by atoms with E-state index in [9.17, 15) is 14.4 Å². The third-order valence-corrected chi connectivity index (χ3v) is 8.59. The van der Waals surface area contributed by atoms with Crippen LogP contribution < -0.4 is 15.6 Å². The van der Waals surface area contributed by atoms with Crippen LogP contribution in [0.5, 0.6) is 5.75 Å². The first-order valence-electron chi connectivity index (χ1n) is 11.3. The van der Waals surface area contributed by atoms with Crippen molar-refractivity contribution in [1.29, 1.82) is 0 Å². The zero-order chi connectivity index (χ0) is 23.8. The summed E-state index contributed by atoms with van der Waals surface area (Å²) in [6.45, 7) is 2.49. The third-order valence-electron chi connectivity index (χ3n) is 6.41. The van der Waals surface area contributed by atoms with E-state index in [1.807, 2.05) is 6.92 Å². The monoisotopic (exact) mass is 498 g/mol. The van der Waals surface area contributed by atoms with E-state index in [1.165, 1.54) is 11.3 Å². The van der Waals surface area contributed by atoms with Crippen molar-refractivity contribution in [3.8, 4) is 5.75 Å². The van der Waals surface area contributed by atoms with E-state index in [-0.39, 0.29) is 17.4 Å². The Morgan fingerprint density at radius 2 is 1.97 bits per heavy atom. The highest BCUT2D eigenvalue weighted by molar-refractivity contribution is 7.99. The lowest BCUT2D eigenvalue weighted by Gasteiger charge is -2.23. The summed E-state index contributed by atoms with van der Waals surface area (Å²) in [5, 5.41) is 3.43. The molecule has 4 heterocycles. The number of aromatic nitrogens is 2. The van der Waals surface area contributed by atoms with E-state index >= 15 is 0 Å². The highest BCUT2D eigenvalue weighted by atomic mass is 32.2. The molecule has 2 aromatic heterocycles. The number of methoxy groups -OCH3 is 1. The van der Waals surface area contributed by atoms with Crippen LogP contribution in [0.1, 0.15) is 40.3 Å². The lowest BCUT2D eigenvalue weighted by Crippen LogP contribution is -2.44. The van der Waals surface area contributed by atoms with Crippen molar-refractivity contribution in [2.75, 3.05) is 24.1 Å². The van der Waals surface area contributed by atoms with Gasteiger partial charge in [-0.05, 0) is 49.6 Å². The third kappa shape index (κ3) is 4.09. The topological polar surface area (TPSA) is 93.5 Å². The summed E-state index contributed by atoms with van der Waals surface area (Å²) in [6.07, 6.45) is 3.85. The molecule has 2 aliphatic rings. The lowest BCUT2D eigenvalue weighted by molar-refractivity contribution is -0.119. The van der Waals surface area contributed by atoms with Crippen molar-refractivity contribution >= 4 is 50.8 Å². The van der Waals surface area contributed by atoms with E-state index in [4.69, 9.17) is 9.72 Å². The van der Waals surface area contributed by atoms with E-state index in [2.05, 4.69) is 5.32 Å². The van der Waals surface area contributed by atoms with Gasteiger partial charge in [-0.25, -0.2) is 4.98 Å². The summed E-state index contributed by atoms with van der Waals surface area (Å²) in [4.78, 5) is 47.3. The van der Waals surface area contributed by atoms with Gasteiger partial charge in [0.1, 0.15) is 22.4 Å². The molecule has 1 aromatic carbocycles. The molecule has 8 nitrogen and oxygen atoms in total. The van der Waals surface area contributed by atoms with Crippen LogP contribution in [0.25, 0.3) is 10.2 Å². The van der Waals surface area contributed by atoms with Gasteiger partial charge in [0, 0.05) is 24.4 Å². The Morgan fingerprint density at radius 3 is 2.74 bits per heavy atom. The largest absolute Gasteiger partial charge is 0.497 e. The summed E-state index contributed by atoms with van der Waals surface area (Å²) in [5.41, 5.74) is 1.25. The summed E-state index contributed by atoms with van der Waals surface area (Å²) >= 11 is 2.81. The number of rotatable bonds is 4. The fraction of sp³-hybridized carbons (Fsp3) is 0.417. The minimum absolute atomic E-state index is 0.0562. The lowest BCUT2D eigenvalue weighted by atomic mass is 10.1. The number of amides is 2. The number of carbonyl (C=O) groups excluding carboxylic acids is 2. The number of anilines is 1. The Hall–Kier alpha value is -2.85. The SMILES string of the molecule is COc1ccc(NC(=O)C2CSCN2C(=O)c2sc3nc4n(c(=O)c3c2C)CCCCC4)cc1. The number of aryl methyl sites for hydroxylation is 2. The number of fused-ring (bicyclic) bond motifs is 2. The average molecular weight is 499 g/mol. The molecule has 1 N–H and O–H groups in total. The molecule has 1 saturated heterocycles. The van der Waals surface area contributed by atoms with Gasteiger partial charge >= 0.3 is 0 Å². The van der Waals surface area contributed by atoms with Gasteiger partial charge in [0.25, 0.3) is 11.5 Å². The Morgan fingerprint density at radius 1 is 1.18 bits per heavy atom. The smallest absolute Gasteiger partial charge is 0.265 e. The second-order valence-electron chi connectivity index (χ2n) is 8.54. The Bertz CT molecular complexity index is 1320. The Labute approximate surface area is 205 Å². The maximum absolute atomic E-state index is 13.6. The molecule has 2 aliphatic heterocycles. The molecule has 178 valence electrons. The number of hydrogen-bond donors (Lipinski definition) is 1. The Balaban J connectivity index is 1.42. The maximum atomic E-state index is 13.6. The first kappa shape index (κ1) is 22.9. The molecular formula is C24H26N4O4S2. The zero-order valence-corrected chi connectivity index (χ0v) is 20.8. The summed E-state index contributed by atoms with van der Waals surface area (Å²) in [7, 11) is 1.59. The molecule has 1 fully saturated rings. The van der Waals surface area contributed by atoms with Crippen LogP contribution in [0.3, 0.4) is 0 Å². The molecule has 0 aliphatic carbocycles. The zero-order valence-electron chi connectivity index (χ0n) is 19.1. The molecule has 1 unspecified atom stereocenters. The van der Waals surface area contributed by atoms with E-state index in [0.717, 1.165) is 31.5 Å². The summed E-state index contributed by atoms with van der Waals surface area (Å²) < 4.78 is 6.94. The van der Waals surface area contributed by atoms with Crippen LogP contribution >= 0.6 is 23.1 Å². The first-order chi connectivity index (χ1) is 16.5. The van der Waals surface area contributed by atoms with Crippen LogP contribution in [0.4, 0.5) is 5.69 Å². The number of hydrogen-bond acceptors (Lipinski definition) is 7. The standard InChI is InChI=1S/C24H26N4O4S2/c1-14-19-22(26-18-6-4-3-5-11-27(18)23(19)30)34-20(14)24(31)28-13-33-12-17(28)21(29)25-15-7-9-16(32-2)10-8-15/h7-10,17H,3-6,11-13H2,1-2H3,(H,25,29). The number of nitrogens with zero attached hydrogens (tertiary/aromatic N) is 3. The Kier molecular flexibility index (Phi) is 6.35. The first-order valence-corrected chi connectivity index (χ1v) is 13.3. The van der Waals surface area contributed by atoms with Gasteiger partial charge in [-0.1, -0.05) is 6.42 Å². The number of thiophene rings is 1. The van der Waals surface area contributed by atoms with E-state index in [0.29, 0.717) is 50.3 Å². The molecule has 1 atom stereocenters. The molecule has 10 heteroatoms. The van der Waals surface area contributed by atoms with Crippen LogP contribution in [0.2, 0.25) is 0 Å². The highest BCUT2D eigenvalue weighted by Gasteiger charge is 2.37. The van der Waals surface area contributed by atoms with Gasteiger partial charge in [-0.15, -0.1) is 23.1 Å². The quantitative estimate of drug-likeness (QED) is 0.590. The molecule has 0 saturated carbocycles. The van der Waals surface area contributed by atoms with Crippen LogP contribution in [-0.2, 0) is 17.8 Å². The molecule has 34 heavy (non-hydrogen) atoms. The van der Waals surface area contributed by atoms with Crippen LogP contribution in [0, 0.1) is 6.92 Å². The fourth-order valence-electron chi connectivity index (χ4n) is 4.50. The van der Waals surface area contributed by atoms with Crippen LogP contribution in [0.15, 0.2) is 29.1 Å². The molecule has 5 rings (SSSR count). The van der Waals surface area contributed by atoms with Crippen LogP contribution in [-0.4, -0.2) is 51.0 Å². The van der Waals surface area contributed by atoms with Crippen molar-refractivity contribution in [3.05, 3.63) is 50.9 Å². The number of thioether (sulfide) groups is 1. The summed E-state index contributed by atoms with van der Waals surface area (Å²) in [6, 6.07) is 6.50. The minimum atomic E-state index is -0.588. The maximum Gasteiger partial charge on any atom is 0.265 e. The fourth-order valence-corrected chi connectivity index (χ4v) is 6.80. The number of benzene rings is 1. The predicted octanol–water partition coefficient (Wildman–Crippen LogP) is 3.66. The second-order valence-corrected chi connectivity index (χ2v) is 10.5. The number of nitrogens with one attached hydrogen (secondary N) is 1. The van der Waals surface area contributed by atoms with Crippen molar-refractivity contribution in [2.24, 2.45) is 0 Å². The van der Waals surface area contributed by atoms with Gasteiger partial charge in [-0.3, -0.25) is 19.0 Å². The molecular weight excluding hydrogens is 472 g/mol. The second kappa shape index (κ2) is 9.42. The number of ether oxygens (including phenoxy) is 1. The van der Waals surface area contributed by atoms with E-state index < -0.39 is 6.04 Å². The molecule has 0 spiro atoms. The molecule has 2 amide bonds. The van der Waals surface area contributed by atoms with Gasteiger partial charge in [0.05, 0.1) is 23.2 Å². The predicted molar refractivity (Wildman–Crippen MR) is 135 cm³/mol. The van der Waals surface area contributed by atoms with Crippen molar-refractivity contribution in [2.45, 2.75) is 45.2 Å². The highest BCUT2D eigenvalue weighted by Crippen LogP contribution is 2.32. The molecule has 0 bridgehead atoms. The van der Waals surface area contributed by atoms with Gasteiger partial charge in [-0.2, -0.15) is 0 Å². The van der Waals surface area contributed by atoms with Gasteiger partial charge < -0.3 is 15.0 Å². The van der Waals surface area contributed by atoms with Gasteiger partial charge in [0.2, 0.25) is 5.91 Å². The van der Waals surface area contributed by atoms with Crippen molar-refractivity contribution in [3.63, 3.8) is 0 Å². The van der Waals surface area contributed by atoms with E-state index in [1.54, 1.807) is 52.6 Å². The molecule has 3 aromatic rings. The normalized spacial score (nSPS) is 17.9. The van der Waals surface area contributed by atoms with Gasteiger partial charge in [0.15, 0.2) is 0 Å². The minimum Gasteiger partial charge on any atom is -0.497 e. The summed E-state index contributed by atoms with van der Waals surface area (Å²) in [5.74, 6) is 2.01.